The summed E-state index contributed by atoms with van der Waals surface area (Å²) in [5, 5.41) is 0. The van der Waals surface area contributed by atoms with Gasteiger partial charge < -0.3 is 0 Å². The molecule has 1 aromatic carbocycles. The molecule has 0 radical (unpaired) electrons. The lowest BCUT2D eigenvalue weighted by molar-refractivity contribution is -0.137. The molecule has 1 aliphatic carbocycles. The summed E-state index contributed by atoms with van der Waals surface area (Å²) in [6, 6.07) is 4.08. The Balaban J connectivity index is 2.04. The lowest BCUT2D eigenvalue weighted by atomic mass is 9.91. The maximum atomic E-state index is 12.7. The summed E-state index contributed by atoms with van der Waals surface area (Å²) >= 11 is 0. The summed E-state index contributed by atoms with van der Waals surface area (Å²) in [7, 11) is -3.51. The fourth-order valence-corrected chi connectivity index (χ4v) is 4.76. The Morgan fingerprint density at radius 3 is 2.48 bits per heavy atom. The maximum Gasteiger partial charge on any atom is 0.416 e. The quantitative estimate of drug-likeness (QED) is 0.863. The Kier molecular flexibility index (Phi) is 5.73. The van der Waals surface area contributed by atoms with E-state index >= 15 is 0 Å². The van der Waals surface area contributed by atoms with Gasteiger partial charge in [-0.05, 0) is 43.4 Å². The number of sulfonamides is 1. The van der Waals surface area contributed by atoms with Gasteiger partial charge in [0.05, 0.1) is 11.3 Å². The number of nitrogens with one attached hydrogen (secondary N) is 1. The highest BCUT2D eigenvalue weighted by Gasteiger charge is 2.31. The zero-order valence-electron chi connectivity index (χ0n) is 13.1. The molecule has 1 aromatic rings. The third kappa shape index (κ3) is 5.49. The average molecular weight is 349 g/mol. The van der Waals surface area contributed by atoms with Crippen molar-refractivity contribution in [3.8, 4) is 0 Å². The Labute approximate surface area is 135 Å². The molecule has 3 nitrogen and oxygen atoms in total. The molecule has 1 unspecified atom stereocenters. The molecule has 1 saturated carbocycles. The van der Waals surface area contributed by atoms with Crippen molar-refractivity contribution in [3.63, 3.8) is 0 Å². The number of benzene rings is 1. The van der Waals surface area contributed by atoms with Gasteiger partial charge in [-0.1, -0.05) is 31.4 Å². The second-order valence-electron chi connectivity index (χ2n) is 6.25. The number of halogens is 3. The standard InChI is InChI=1S/C16H22F3NO2S/c1-12(14-8-5-9-15(10-14)16(17,18)19)20-23(21,22)11-13-6-3-2-4-7-13/h5,8-10,12-13,20H,2-4,6-7,11H2,1H3. The van der Waals surface area contributed by atoms with Crippen LogP contribution in [0.15, 0.2) is 24.3 Å². The van der Waals surface area contributed by atoms with Gasteiger partial charge >= 0.3 is 6.18 Å². The predicted molar refractivity (Wildman–Crippen MR) is 83.4 cm³/mol. The topological polar surface area (TPSA) is 46.2 Å². The van der Waals surface area contributed by atoms with Crippen molar-refractivity contribution in [1.82, 2.24) is 4.72 Å². The van der Waals surface area contributed by atoms with E-state index in [-0.39, 0.29) is 11.7 Å². The van der Waals surface area contributed by atoms with Crippen LogP contribution in [0.5, 0.6) is 0 Å². The van der Waals surface area contributed by atoms with Gasteiger partial charge in [-0.25, -0.2) is 13.1 Å². The molecular weight excluding hydrogens is 327 g/mol. The molecule has 23 heavy (non-hydrogen) atoms. The number of hydrogen-bond donors (Lipinski definition) is 1. The van der Waals surface area contributed by atoms with Crippen molar-refractivity contribution in [2.24, 2.45) is 5.92 Å². The van der Waals surface area contributed by atoms with Gasteiger partial charge in [0.25, 0.3) is 0 Å². The van der Waals surface area contributed by atoms with E-state index in [0.717, 1.165) is 44.2 Å². The number of rotatable bonds is 5. The molecular formula is C16H22F3NO2S. The van der Waals surface area contributed by atoms with Gasteiger partial charge in [-0.3, -0.25) is 0 Å². The summed E-state index contributed by atoms with van der Waals surface area (Å²) < 4.78 is 65.2. The van der Waals surface area contributed by atoms with Crippen molar-refractivity contribution in [2.75, 3.05) is 5.75 Å². The Hall–Kier alpha value is -1.08. The van der Waals surface area contributed by atoms with Crippen molar-refractivity contribution in [3.05, 3.63) is 35.4 Å². The molecule has 0 heterocycles. The number of hydrogen-bond acceptors (Lipinski definition) is 2. The molecule has 0 spiro atoms. The zero-order valence-corrected chi connectivity index (χ0v) is 13.9. The third-order valence-electron chi connectivity index (χ3n) is 4.25. The normalized spacial score (nSPS) is 18.8. The van der Waals surface area contributed by atoms with Crippen LogP contribution < -0.4 is 4.72 Å². The van der Waals surface area contributed by atoms with Crippen LogP contribution in [0.2, 0.25) is 0 Å². The van der Waals surface area contributed by atoms with E-state index in [2.05, 4.69) is 4.72 Å². The second-order valence-corrected chi connectivity index (χ2v) is 8.05. The molecule has 0 aromatic heterocycles. The van der Waals surface area contributed by atoms with Gasteiger partial charge in [0, 0.05) is 6.04 Å². The van der Waals surface area contributed by atoms with E-state index in [4.69, 9.17) is 0 Å². The molecule has 130 valence electrons. The average Bonchev–Trinajstić information content (AvgIpc) is 2.46. The van der Waals surface area contributed by atoms with Gasteiger partial charge in [0.2, 0.25) is 10.0 Å². The Morgan fingerprint density at radius 2 is 1.87 bits per heavy atom. The molecule has 0 bridgehead atoms. The van der Waals surface area contributed by atoms with Crippen LogP contribution in [0.3, 0.4) is 0 Å². The first-order valence-corrected chi connectivity index (χ1v) is 9.50. The lowest BCUT2D eigenvalue weighted by Gasteiger charge is -2.23. The van der Waals surface area contributed by atoms with E-state index in [1.165, 1.54) is 12.1 Å². The number of alkyl halides is 3. The fraction of sp³-hybridized carbons (Fsp3) is 0.625. The largest absolute Gasteiger partial charge is 0.416 e. The third-order valence-corrected chi connectivity index (χ3v) is 5.87. The van der Waals surface area contributed by atoms with Crippen molar-refractivity contribution in [2.45, 2.75) is 51.2 Å². The molecule has 1 aliphatic rings. The molecule has 1 N–H and O–H groups in total. The van der Waals surface area contributed by atoms with Crippen molar-refractivity contribution in [1.29, 1.82) is 0 Å². The predicted octanol–water partition coefficient (Wildman–Crippen LogP) is 4.27. The highest BCUT2D eigenvalue weighted by Crippen LogP contribution is 2.31. The van der Waals surface area contributed by atoms with E-state index in [0.29, 0.717) is 5.56 Å². The van der Waals surface area contributed by atoms with Gasteiger partial charge in [-0.15, -0.1) is 0 Å². The summed E-state index contributed by atoms with van der Waals surface area (Å²) in [5.41, 5.74) is -0.458. The van der Waals surface area contributed by atoms with Crippen molar-refractivity contribution >= 4 is 10.0 Å². The maximum absolute atomic E-state index is 12.7. The van der Waals surface area contributed by atoms with Crippen LogP contribution in [-0.4, -0.2) is 14.2 Å². The first kappa shape index (κ1) is 18.3. The lowest BCUT2D eigenvalue weighted by Crippen LogP contribution is -2.32. The Bertz CT molecular complexity index is 622. The highest BCUT2D eigenvalue weighted by molar-refractivity contribution is 7.89. The Morgan fingerprint density at radius 1 is 1.22 bits per heavy atom. The van der Waals surface area contributed by atoms with Crippen LogP contribution in [0, 0.1) is 5.92 Å². The van der Waals surface area contributed by atoms with Crippen LogP contribution in [0.4, 0.5) is 13.2 Å². The molecule has 0 amide bonds. The van der Waals surface area contributed by atoms with Crippen LogP contribution in [-0.2, 0) is 16.2 Å². The minimum atomic E-state index is -4.43. The van der Waals surface area contributed by atoms with E-state index in [1.807, 2.05) is 0 Å². The zero-order chi connectivity index (χ0) is 17.1. The minimum Gasteiger partial charge on any atom is -0.212 e. The van der Waals surface area contributed by atoms with Crippen molar-refractivity contribution < 1.29 is 21.6 Å². The first-order valence-electron chi connectivity index (χ1n) is 7.84. The van der Waals surface area contributed by atoms with Crippen LogP contribution >= 0.6 is 0 Å². The second kappa shape index (κ2) is 7.21. The van der Waals surface area contributed by atoms with Crippen LogP contribution in [0.1, 0.15) is 56.2 Å². The van der Waals surface area contributed by atoms with Gasteiger partial charge in [-0.2, -0.15) is 13.2 Å². The van der Waals surface area contributed by atoms with E-state index < -0.39 is 27.8 Å². The summed E-state index contributed by atoms with van der Waals surface area (Å²) in [6.07, 6.45) is 0.603. The molecule has 7 heteroatoms. The SMILES string of the molecule is CC(NS(=O)(=O)CC1CCCCC1)c1cccc(C(F)(F)F)c1. The molecule has 0 aliphatic heterocycles. The molecule has 1 fully saturated rings. The van der Waals surface area contributed by atoms with E-state index in [9.17, 15) is 21.6 Å². The highest BCUT2D eigenvalue weighted by atomic mass is 32.2. The van der Waals surface area contributed by atoms with Gasteiger partial charge in [0.15, 0.2) is 0 Å². The molecule has 0 saturated heterocycles. The summed E-state index contributed by atoms with van der Waals surface area (Å²) in [4.78, 5) is 0. The van der Waals surface area contributed by atoms with Crippen LogP contribution in [0.25, 0.3) is 0 Å². The first-order chi connectivity index (χ1) is 10.7. The fourth-order valence-electron chi connectivity index (χ4n) is 3.03. The molecule has 1 atom stereocenters. The smallest absolute Gasteiger partial charge is 0.212 e. The minimum absolute atomic E-state index is 0.0519. The molecule has 2 rings (SSSR count). The van der Waals surface area contributed by atoms with E-state index in [1.54, 1.807) is 6.92 Å². The monoisotopic (exact) mass is 349 g/mol. The summed E-state index contributed by atoms with van der Waals surface area (Å²) in [6.45, 7) is 1.56. The van der Waals surface area contributed by atoms with Gasteiger partial charge in [0.1, 0.15) is 0 Å². The summed E-state index contributed by atoms with van der Waals surface area (Å²) in [5.74, 6) is 0.200.